The molecular formula is C17H25NO3. The van der Waals surface area contributed by atoms with Crippen LogP contribution in [0.3, 0.4) is 0 Å². The predicted octanol–water partition coefficient (Wildman–Crippen LogP) is 3.49. The molecule has 0 saturated carbocycles. The molecule has 0 unspecified atom stereocenters. The molecule has 0 aliphatic carbocycles. The molecule has 1 rings (SSSR count). The lowest BCUT2D eigenvalue weighted by Gasteiger charge is -2.06. The highest BCUT2D eigenvalue weighted by Gasteiger charge is 2.03. The van der Waals surface area contributed by atoms with Crippen LogP contribution < -0.4 is 5.32 Å². The summed E-state index contributed by atoms with van der Waals surface area (Å²) in [5, 5.41) is 21.4. The van der Waals surface area contributed by atoms with Gasteiger partial charge < -0.3 is 15.5 Å². The van der Waals surface area contributed by atoms with Crippen molar-refractivity contribution in [2.75, 3.05) is 0 Å². The minimum Gasteiger partial charge on any atom is -0.504 e. The van der Waals surface area contributed by atoms with Crippen LogP contribution in [0.4, 0.5) is 0 Å². The third-order valence-electron chi connectivity index (χ3n) is 3.08. The summed E-state index contributed by atoms with van der Waals surface area (Å²) in [6.45, 7) is 4.65. The van der Waals surface area contributed by atoms with Gasteiger partial charge in [0.05, 0.1) is 0 Å². The fourth-order valence-corrected chi connectivity index (χ4v) is 1.88. The maximum absolute atomic E-state index is 11.7. The molecule has 0 heterocycles. The average Bonchev–Trinajstić information content (AvgIpc) is 2.43. The van der Waals surface area contributed by atoms with Gasteiger partial charge in [0.25, 0.3) is 0 Å². The van der Waals surface area contributed by atoms with Crippen LogP contribution in [0.15, 0.2) is 30.4 Å². The van der Waals surface area contributed by atoms with Crippen molar-refractivity contribution in [1.82, 2.24) is 5.32 Å². The van der Waals surface area contributed by atoms with Crippen LogP contribution in [0.1, 0.15) is 45.1 Å². The molecule has 3 N–H and O–H groups in total. The first-order valence-corrected chi connectivity index (χ1v) is 7.43. The number of unbranched alkanes of at least 4 members (excludes halogenated alkanes) is 2. The summed E-state index contributed by atoms with van der Waals surface area (Å²) in [7, 11) is 0. The number of hydrogen-bond acceptors (Lipinski definition) is 3. The van der Waals surface area contributed by atoms with Gasteiger partial charge in [0.1, 0.15) is 0 Å². The molecule has 4 nitrogen and oxygen atoms in total. The highest BCUT2D eigenvalue weighted by molar-refractivity contribution is 5.75. The van der Waals surface area contributed by atoms with Crippen molar-refractivity contribution in [1.29, 1.82) is 0 Å². The van der Waals surface area contributed by atoms with E-state index in [1.165, 1.54) is 12.1 Å². The molecule has 21 heavy (non-hydrogen) atoms. The van der Waals surface area contributed by atoms with Crippen molar-refractivity contribution in [3.8, 4) is 11.5 Å². The first-order valence-electron chi connectivity index (χ1n) is 7.43. The molecule has 0 aromatic heterocycles. The summed E-state index contributed by atoms with van der Waals surface area (Å²) < 4.78 is 0. The second kappa shape index (κ2) is 9.06. The van der Waals surface area contributed by atoms with E-state index in [0.29, 0.717) is 18.9 Å². The minimum atomic E-state index is -0.168. The van der Waals surface area contributed by atoms with Gasteiger partial charge in [0.2, 0.25) is 5.91 Å². The topological polar surface area (TPSA) is 69.6 Å². The second-order valence-corrected chi connectivity index (χ2v) is 5.52. The molecule has 0 atom stereocenters. The maximum atomic E-state index is 11.7. The van der Waals surface area contributed by atoms with Gasteiger partial charge in [-0.05, 0) is 42.9 Å². The number of carbonyl (C=O) groups excluding carboxylic acids is 1. The minimum absolute atomic E-state index is 0.00963. The Labute approximate surface area is 126 Å². The Balaban J connectivity index is 2.18. The van der Waals surface area contributed by atoms with E-state index in [0.717, 1.165) is 24.8 Å². The molecule has 1 amide bonds. The molecule has 0 radical (unpaired) electrons. The molecule has 4 heteroatoms. The number of carbonyl (C=O) groups is 1. The number of rotatable bonds is 8. The van der Waals surface area contributed by atoms with Crippen molar-refractivity contribution in [3.63, 3.8) is 0 Å². The van der Waals surface area contributed by atoms with E-state index < -0.39 is 0 Å². The number of aromatic hydroxyl groups is 2. The van der Waals surface area contributed by atoms with Gasteiger partial charge in [-0.1, -0.05) is 32.1 Å². The highest BCUT2D eigenvalue weighted by atomic mass is 16.3. The highest BCUT2D eigenvalue weighted by Crippen LogP contribution is 2.24. The summed E-state index contributed by atoms with van der Waals surface area (Å²) >= 11 is 0. The lowest BCUT2D eigenvalue weighted by molar-refractivity contribution is -0.121. The number of benzene rings is 1. The Morgan fingerprint density at radius 2 is 2.00 bits per heavy atom. The molecule has 0 aliphatic rings. The first kappa shape index (κ1) is 17.1. The Bertz CT molecular complexity index is 481. The molecular weight excluding hydrogens is 266 g/mol. The van der Waals surface area contributed by atoms with Crippen molar-refractivity contribution in [3.05, 3.63) is 35.9 Å². The third-order valence-corrected chi connectivity index (χ3v) is 3.08. The molecule has 116 valence electrons. The fraction of sp³-hybridized carbons (Fsp3) is 0.471. The Hall–Kier alpha value is -1.97. The van der Waals surface area contributed by atoms with Crippen LogP contribution >= 0.6 is 0 Å². The van der Waals surface area contributed by atoms with Gasteiger partial charge in [-0.15, -0.1) is 0 Å². The van der Waals surface area contributed by atoms with Crippen molar-refractivity contribution in [2.45, 2.75) is 46.1 Å². The normalized spacial score (nSPS) is 11.2. The Kier molecular flexibility index (Phi) is 7.37. The monoisotopic (exact) mass is 291 g/mol. The Morgan fingerprint density at radius 3 is 2.67 bits per heavy atom. The second-order valence-electron chi connectivity index (χ2n) is 5.52. The quantitative estimate of drug-likeness (QED) is 0.390. The van der Waals surface area contributed by atoms with Gasteiger partial charge in [0.15, 0.2) is 11.5 Å². The van der Waals surface area contributed by atoms with E-state index >= 15 is 0 Å². The predicted molar refractivity (Wildman–Crippen MR) is 84.1 cm³/mol. The van der Waals surface area contributed by atoms with E-state index in [1.807, 2.05) is 0 Å². The SMILES string of the molecule is CC(C)/C=C/CCCCC(=O)NCc1ccc(O)c(O)c1. The average molecular weight is 291 g/mol. The third kappa shape index (κ3) is 7.40. The number of allylic oxidation sites excluding steroid dienone is 2. The molecule has 1 aromatic carbocycles. The molecule has 0 saturated heterocycles. The summed E-state index contributed by atoms with van der Waals surface area (Å²) in [6, 6.07) is 4.54. The van der Waals surface area contributed by atoms with Crippen molar-refractivity contribution < 1.29 is 15.0 Å². The van der Waals surface area contributed by atoms with Gasteiger partial charge in [0, 0.05) is 13.0 Å². The van der Waals surface area contributed by atoms with Crippen LogP contribution in [0.5, 0.6) is 11.5 Å². The maximum Gasteiger partial charge on any atom is 0.220 e. The standard InChI is InChI=1S/C17H25NO3/c1-13(2)7-5-3-4-6-8-17(21)18-12-14-9-10-15(19)16(20)11-14/h5,7,9-11,13,19-20H,3-4,6,8,12H2,1-2H3,(H,18,21)/b7-5+. The zero-order valence-corrected chi connectivity index (χ0v) is 12.8. The largest absolute Gasteiger partial charge is 0.504 e. The smallest absolute Gasteiger partial charge is 0.220 e. The van der Waals surface area contributed by atoms with Gasteiger partial charge in [-0.25, -0.2) is 0 Å². The van der Waals surface area contributed by atoms with Crippen LogP contribution in [-0.4, -0.2) is 16.1 Å². The summed E-state index contributed by atoms with van der Waals surface area (Å²) in [4.78, 5) is 11.7. The summed E-state index contributed by atoms with van der Waals surface area (Å²) in [5.74, 6) is 0.267. The number of nitrogens with one attached hydrogen (secondary N) is 1. The van der Waals surface area contributed by atoms with Crippen LogP contribution in [0.25, 0.3) is 0 Å². The van der Waals surface area contributed by atoms with E-state index in [-0.39, 0.29) is 17.4 Å². The Morgan fingerprint density at radius 1 is 1.24 bits per heavy atom. The molecule has 0 spiro atoms. The lowest BCUT2D eigenvalue weighted by atomic mass is 10.1. The first-order chi connectivity index (χ1) is 9.99. The molecule has 0 fully saturated rings. The van der Waals surface area contributed by atoms with Crippen molar-refractivity contribution in [2.24, 2.45) is 5.92 Å². The number of phenolic OH excluding ortho intramolecular Hbond substituents is 2. The number of phenols is 2. The summed E-state index contributed by atoms with van der Waals surface area (Å²) in [5.41, 5.74) is 0.763. The van der Waals surface area contributed by atoms with E-state index in [9.17, 15) is 15.0 Å². The van der Waals surface area contributed by atoms with E-state index in [4.69, 9.17) is 0 Å². The van der Waals surface area contributed by atoms with Gasteiger partial charge in [-0.2, -0.15) is 0 Å². The molecule has 0 aliphatic heterocycles. The fourth-order valence-electron chi connectivity index (χ4n) is 1.88. The van der Waals surface area contributed by atoms with Crippen LogP contribution in [0, 0.1) is 5.92 Å². The van der Waals surface area contributed by atoms with E-state index in [1.54, 1.807) is 6.07 Å². The molecule has 1 aromatic rings. The zero-order chi connectivity index (χ0) is 15.7. The zero-order valence-electron chi connectivity index (χ0n) is 12.8. The van der Waals surface area contributed by atoms with Crippen LogP contribution in [0.2, 0.25) is 0 Å². The van der Waals surface area contributed by atoms with Crippen molar-refractivity contribution >= 4 is 5.91 Å². The molecule has 0 bridgehead atoms. The van der Waals surface area contributed by atoms with Gasteiger partial charge >= 0.3 is 0 Å². The summed E-state index contributed by atoms with van der Waals surface area (Å²) in [6.07, 6.45) is 7.75. The van der Waals surface area contributed by atoms with Crippen LogP contribution in [-0.2, 0) is 11.3 Å². The van der Waals surface area contributed by atoms with E-state index in [2.05, 4.69) is 31.3 Å². The number of amides is 1. The lowest BCUT2D eigenvalue weighted by Crippen LogP contribution is -2.22. The van der Waals surface area contributed by atoms with Gasteiger partial charge in [-0.3, -0.25) is 4.79 Å². The number of hydrogen-bond donors (Lipinski definition) is 3.